The van der Waals surface area contributed by atoms with Gasteiger partial charge in [-0.05, 0) is 33.1 Å². The van der Waals surface area contributed by atoms with Crippen molar-refractivity contribution < 1.29 is 14.3 Å². The number of rotatable bonds is 4. The van der Waals surface area contributed by atoms with Gasteiger partial charge in [0, 0.05) is 6.04 Å². The molecule has 0 spiro atoms. The molecule has 0 aromatic carbocycles. The van der Waals surface area contributed by atoms with Crippen molar-refractivity contribution in [3.05, 3.63) is 0 Å². The Kier molecular flexibility index (Phi) is 4.35. The zero-order valence-electron chi connectivity index (χ0n) is 8.86. The maximum absolute atomic E-state index is 11.2. The SMILES string of the molecule is CCOC(=O)C(C)OC1CCC(N)C1. The molecule has 3 unspecified atom stereocenters. The van der Waals surface area contributed by atoms with E-state index in [0.29, 0.717) is 6.61 Å². The molecule has 4 heteroatoms. The van der Waals surface area contributed by atoms with Crippen molar-refractivity contribution in [2.24, 2.45) is 5.73 Å². The van der Waals surface area contributed by atoms with Crippen LogP contribution in [0.4, 0.5) is 0 Å². The van der Waals surface area contributed by atoms with Crippen molar-refractivity contribution in [3.8, 4) is 0 Å². The Morgan fingerprint density at radius 1 is 1.57 bits per heavy atom. The second-order valence-corrected chi connectivity index (χ2v) is 3.73. The van der Waals surface area contributed by atoms with Crippen LogP contribution in [-0.2, 0) is 14.3 Å². The lowest BCUT2D eigenvalue weighted by molar-refractivity contribution is -0.158. The normalized spacial score (nSPS) is 28.8. The summed E-state index contributed by atoms with van der Waals surface area (Å²) in [6.07, 6.45) is 2.45. The Hall–Kier alpha value is -0.610. The van der Waals surface area contributed by atoms with Gasteiger partial charge in [-0.1, -0.05) is 0 Å². The number of carbonyl (C=O) groups excluding carboxylic acids is 1. The van der Waals surface area contributed by atoms with E-state index in [1.807, 2.05) is 0 Å². The highest BCUT2D eigenvalue weighted by atomic mass is 16.6. The minimum atomic E-state index is -0.467. The molecule has 3 atom stereocenters. The number of carbonyl (C=O) groups is 1. The van der Waals surface area contributed by atoms with Gasteiger partial charge < -0.3 is 15.2 Å². The highest BCUT2D eigenvalue weighted by Gasteiger charge is 2.26. The molecule has 82 valence electrons. The second-order valence-electron chi connectivity index (χ2n) is 3.73. The van der Waals surface area contributed by atoms with Crippen molar-refractivity contribution in [1.82, 2.24) is 0 Å². The molecule has 4 nitrogen and oxygen atoms in total. The van der Waals surface area contributed by atoms with Gasteiger partial charge >= 0.3 is 5.97 Å². The highest BCUT2D eigenvalue weighted by Crippen LogP contribution is 2.21. The Bertz CT molecular complexity index is 196. The van der Waals surface area contributed by atoms with E-state index < -0.39 is 6.10 Å². The van der Waals surface area contributed by atoms with E-state index in [1.165, 1.54) is 0 Å². The molecule has 1 fully saturated rings. The Morgan fingerprint density at radius 3 is 2.79 bits per heavy atom. The number of hydrogen-bond donors (Lipinski definition) is 1. The van der Waals surface area contributed by atoms with Gasteiger partial charge in [0.15, 0.2) is 6.10 Å². The van der Waals surface area contributed by atoms with E-state index >= 15 is 0 Å². The van der Waals surface area contributed by atoms with Gasteiger partial charge in [0.05, 0.1) is 12.7 Å². The summed E-state index contributed by atoms with van der Waals surface area (Å²) in [5, 5.41) is 0. The third-order valence-corrected chi connectivity index (χ3v) is 2.44. The molecular weight excluding hydrogens is 182 g/mol. The number of nitrogens with two attached hydrogens (primary N) is 1. The first-order chi connectivity index (χ1) is 6.63. The lowest BCUT2D eigenvalue weighted by Gasteiger charge is -2.16. The van der Waals surface area contributed by atoms with Crippen molar-refractivity contribution in [2.75, 3.05) is 6.61 Å². The van der Waals surface area contributed by atoms with Crippen molar-refractivity contribution >= 4 is 5.97 Å². The Balaban J connectivity index is 2.26. The summed E-state index contributed by atoms with van der Waals surface area (Å²) in [6.45, 7) is 3.91. The molecule has 0 radical (unpaired) electrons. The minimum absolute atomic E-state index is 0.129. The molecule has 0 saturated heterocycles. The van der Waals surface area contributed by atoms with Crippen LogP contribution in [-0.4, -0.2) is 30.8 Å². The average molecular weight is 201 g/mol. The van der Waals surface area contributed by atoms with Gasteiger partial charge in [0.2, 0.25) is 0 Å². The predicted molar refractivity (Wildman–Crippen MR) is 52.8 cm³/mol. The Labute approximate surface area is 84.7 Å². The fourth-order valence-corrected chi connectivity index (χ4v) is 1.70. The summed E-state index contributed by atoms with van der Waals surface area (Å²) in [4.78, 5) is 11.2. The van der Waals surface area contributed by atoms with Crippen LogP contribution in [0.15, 0.2) is 0 Å². The molecule has 2 N–H and O–H groups in total. The van der Waals surface area contributed by atoms with E-state index in [-0.39, 0.29) is 18.1 Å². The van der Waals surface area contributed by atoms with Gasteiger partial charge in [-0.3, -0.25) is 0 Å². The second kappa shape index (κ2) is 5.32. The summed E-state index contributed by atoms with van der Waals surface area (Å²) in [5.41, 5.74) is 5.74. The number of hydrogen-bond acceptors (Lipinski definition) is 4. The largest absolute Gasteiger partial charge is 0.464 e. The lowest BCUT2D eigenvalue weighted by atomic mass is 10.3. The van der Waals surface area contributed by atoms with Crippen LogP contribution in [0.3, 0.4) is 0 Å². The minimum Gasteiger partial charge on any atom is -0.464 e. The van der Waals surface area contributed by atoms with Crippen LogP contribution >= 0.6 is 0 Å². The summed E-state index contributed by atoms with van der Waals surface area (Å²) in [7, 11) is 0. The van der Waals surface area contributed by atoms with E-state index in [2.05, 4.69) is 0 Å². The lowest BCUT2D eigenvalue weighted by Crippen LogP contribution is -2.28. The van der Waals surface area contributed by atoms with E-state index in [4.69, 9.17) is 15.2 Å². The van der Waals surface area contributed by atoms with E-state index in [9.17, 15) is 4.79 Å². The summed E-state index contributed by atoms with van der Waals surface area (Å²) in [6, 6.07) is 0.231. The molecule has 1 rings (SSSR count). The molecule has 1 aliphatic carbocycles. The number of ether oxygens (including phenoxy) is 2. The molecule has 0 amide bonds. The third kappa shape index (κ3) is 3.27. The van der Waals surface area contributed by atoms with Crippen LogP contribution in [0.25, 0.3) is 0 Å². The molecule has 0 aliphatic heterocycles. The van der Waals surface area contributed by atoms with Crippen LogP contribution < -0.4 is 5.73 Å². The Morgan fingerprint density at radius 2 is 2.29 bits per heavy atom. The molecule has 0 aromatic heterocycles. The molecular formula is C10H19NO3. The van der Waals surface area contributed by atoms with Crippen LogP contribution in [0, 0.1) is 0 Å². The predicted octanol–water partition coefficient (Wildman–Crippen LogP) is 0.834. The fourth-order valence-electron chi connectivity index (χ4n) is 1.70. The van der Waals surface area contributed by atoms with Crippen molar-refractivity contribution in [2.45, 2.75) is 51.4 Å². The third-order valence-electron chi connectivity index (χ3n) is 2.44. The van der Waals surface area contributed by atoms with Crippen molar-refractivity contribution in [3.63, 3.8) is 0 Å². The average Bonchev–Trinajstić information content (AvgIpc) is 2.51. The van der Waals surface area contributed by atoms with E-state index in [1.54, 1.807) is 13.8 Å². The van der Waals surface area contributed by atoms with Crippen molar-refractivity contribution in [1.29, 1.82) is 0 Å². The standard InChI is InChI=1S/C10H19NO3/c1-3-13-10(12)7(2)14-9-5-4-8(11)6-9/h7-9H,3-6,11H2,1-2H3. The molecule has 1 aliphatic rings. The monoisotopic (exact) mass is 201 g/mol. The molecule has 14 heavy (non-hydrogen) atoms. The fraction of sp³-hybridized carbons (Fsp3) is 0.900. The van der Waals surface area contributed by atoms with Gasteiger partial charge in [0.1, 0.15) is 0 Å². The summed E-state index contributed by atoms with van der Waals surface area (Å²) >= 11 is 0. The molecule has 0 heterocycles. The first-order valence-electron chi connectivity index (χ1n) is 5.21. The first kappa shape index (κ1) is 11.5. The van der Waals surface area contributed by atoms with Gasteiger partial charge in [0.25, 0.3) is 0 Å². The van der Waals surface area contributed by atoms with Crippen LogP contribution in [0.1, 0.15) is 33.1 Å². The summed E-state index contributed by atoms with van der Waals surface area (Å²) < 4.78 is 10.4. The highest BCUT2D eigenvalue weighted by molar-refractivity contribution is 5.74. The molecule has 0 bridgehead atoms. The van der Waals surface area contributed by atoms with Crippen LogP contribution in [0.5, 0.6) is 0 Å². The van der Waals surface area contributed by atoms with Gasteiger partial charge in [-0.25, -0.2) is 4.79 Å². The van der Waals surface area contributed by atoms with Gasteiger partial charge in [-0.15, -0.1) is 0 Å². The smallest absolute Gasteiger partial charge is 0.334 e. The first-order valence-corrected chi connectivity index (χ1v) is 5.21. The maximum Gasteiger partial charge on any atom is 0.334 e. The van der Waals surface area contributed by atoms with E-state index in [0.717, 1.165) is 19.3 Å². The zero-order chi connectivity index (χ0) is 10.6. The molecule has 0 aromatic rings. The van der Waals surface area contributed by atoms with Crippen LogP contribution in [0.2, 0.25) is 0 Å². The number of esters is 1. The topological polar surface area (TPSA) is 61.5 Å². The quantitative estimate of drug-likeness (QED) is 0.684. The maximum atomic E-state index is 11.2. The van der Waals surface area contributed by atoms with Gasteiger partial charge in [-0.2, -0.15) is 0 Å². The molecule has 1 saturated carbocycles. The zero-order valence-corrected chi connectivity index (χ0v) is 8.86. The summed E-state index contributed by atoms with van der Waals surface area (Å²) in [5.74, 6) is -0.284.